The van der Waals surface area contributed by atoms with Gasteiger partial charge in [0.1, 0.15) is 5.82 Å². The lowest BCUT2D eigenvalue weighted by atomic mass is 10.1. The number of hydrogen-bond donors (Lipinski definition) is 0. The molecule has 0 spiro atoms. The van der Waals surface area contributed by atoms with Crippen molar-refractivity contribution in [2.45, 2.75) is 19.9 Å². The van der Waals surface area contributed by atoms with Gasteiger partial charge in [-0.2, -0.15) is 5.10 Å². The second-order valence-corrected chi connectivity index (χ2v) is 8.31. The first-order valence-corrected chi connectivity index (χ1v) is 11.6. The number of nitrogens with zero attached hydrogens (tertiary/aromatic N) is 4. The van der Waals surface area contributed by atoms with Gasteiger partial charge in [-0.05, 0) is 36.8 Å². The number of amides is 1. The minimum atomic E-state index is -0.307. The summed E-state index contributed by atoms with van der Waals surface area (Å²) in [5.41, 5.74) is 3.14. The van der Waals surface area contributed by atoms with E-state index in [9.17, 15) is 9.18 Å². The molecule has 9 heteroatoms. The van der Waals surface area contributed by atoms with Crippen LogP contribution in [0.15, 0.2) is 42.6 Å². The lowest BCUT2D eigenvalue weighted by Crippen LogP contribution is -2.48. The van der Waals surface area contributed by atoms with E-state index in [0.717, 1.165) is 30.0 Å². The summed E-state index contributed by atoms with van der Waals surface area (Å²) in [5, 5.41) is 4.42. The van der Waals surface area contributed by atoms with Gasteiger partial charge in [0.15, 0.2) is 11.5 Å². The van der Waals surface area contributed by atoms with E-state index in [1.165, 1.54) is 12.1 Å². The van der Waals surface area contributed by atoms with Gasteiger partial charge in [0, 0.05) is 38.3 Å². The third-order valence-corrected chi connectivity index (χ3v) is 6.34. The van der Waals surface area contributed by atoms with E-state index < -0.39 is 0 Å². The molecule has 3 aromatic rings. The van der Waals surface area contributed by atoms with Crippen LogP contribution < -0.4 is 14.2 Å². The number of carbonyl (C=O) groups is 1. The van der Waals surface area contributed by atoms with E-state index in [-0.39, 0.29) is 11.7 Å². The molecule has 4 rings (SSSR count). The Morgan fingerprint density at radius 2 is 1.63 bits per heavy atom. The van der Waals surface area contributed by atoms with Gasteiger partial charge in [0.25, 0.3) is 5.91 Å². The first kappa shape index (κ1) is 24.5. The van der Waals surface area contributed by atoms with E-state index in [2.05, 4.69) is 10.00 Å². The Hall–Kier alpha value is -3.59. The van der Waals surface area contributed by atoms with E-state index in [1.54, 1.807) is 44.3 Å². The number of aromatic nitrogens is 2. The quantitative estimate of drug-likeness (QED) is 0.489. The Kier molecular flexibility index (Phi) is 7.55. The second-order valence-electron chi connectivity index (χ2n) is 8.31. The van der Waals surface area contributed by atoms with Crippen LogP contribution in [0, 0.1) is 5.82 Å². The largest absolute Gasteiger partial charge is 0.493 e. The van der Waals surface area contributed by atoms with Crippen LogP contribution in [0.4, 0.5) is 4.39 Å². The summed E-state index contributed by atoms with van der Waals surface area (Å²) in [7, 11) is 4.81. The van der Waals surface area contributed by atoms with Crippen LogP contribution >= 0.6 is 0 Å². The van der Waals surface area contributed by atoms with Crippen LogP contribution in [0.3, 0.4) is 0 Å². The number of rotatable bonds is 8. The number of hydrogen-bond acceptors (Lipinski definition) is 6. The molecular weight excluding hydrogens is 451 g/mol. The topological polar surface area (TPSA) is 69.1 Å². The molecule has 1 saturated heterocycles. The molecule has 2 heterocycles. The fraction of sp³-hybridized carbons (Fsp3) is 0.385. The lowest BCUT2D eigenvalue weighted by Gasteiger charge is -2.35. The van der Waals surface area contributed by atoms with Crippen molar-refractivity contribution in [3.05, 3.63) is 65.2 Å². The predicted octanol–water partition coefficient (Wildman–Crippen LogP) is 3.56. The molecule has 0 radical (unpaired) electrons. The fourth-order valence-corrected chi connectivity index (χ4v) is 4.51. The highest BCUT2D eigenvalue weighted by Crippen LogP contribution is 2.40. The average molecular weight is 483 g/mol. The number of benzene rings is 2. The average Bonchev–Trinajstić information content (AvgIpc) is 3.32. The molecule has 1 aliphatic heterocycles. The molecule has 1 fully saturated rings. The van der Waals surface area contributed by atoms with Crippen LogP contribution in [0.25, 0.3) is 5.69 Å². The molecule has 1 amide bonds. The summed E-state index contributed by atoms with van der Waals surface area (Å²) >= 11 is 0. The number of ether oxygens (including phenoxy) is 3. The third kappa shape index (κ3) is 4.95. The fourth-order valence-electron chi connectivity index (χ4n) is 4.51. The van der Waals surface area contributed by atoms with Crippen molar-refractivity contribution in [3.63, 3.8) is 0 Å². The second kappa shape index (κ2) is 10.8. The zero-order chi connectivity index (χ0) is 24.9. The number of piperazine rings is 1. The van der Waals surface area contributed by atoms with Crippen LogP contribution in [-0.4, -0.2) is 73.0 Å². The SMILES string of the molecule is CCc1c(C(=O)N2CCN(Cc3ccc(OC)c(OC)c3OC)CC2)cnn1-c1ccc(F)cc1. The van der Waals surface area contributed by atoms with E-state index in [0.29, 0.717) is 48.9 Å². The Bertz CT molecular complexity index is 1170. The standard InChI is InChI=1S/C26H31FN4O4/c1-5-22-21(16-28-31(22)20-9-7-19(27)8-10-20)26(32)30-14-12-29(13-15-30)17-18-6-11-23(33-2)25(35-4)24(18)34-3/h6-11,16H,5,12-15,17H2,1-4H3. The maximum absolute atomic E-state index is 13.3. The van der Waals surface area contributed by atoms with Crippen molar-refractivity contribution in [1.82, 2.24) is 19.6 Å². The summed E-state index contributed by atoms with van der Waals surface area (Å²) in [5.74, 6) is 1.52. The Labute approximate surface area is 204 Å². The Morgan fingerprint density at radius 3 is 2.23 bits per heavy atom. The van der Waals surface area contributed by atoms with Gasteiger partial charge in [-0.25, -0.2) is 9.07 Å². The Balaban J connectivity index is 1.44. The molecule has 0 atom stereocenters. The molecule has 0 saturated carbocycles. The van der Waals surface area contributed by atoms with Crippen LogP contribution in [-0.2, 0) is 13.0 Å². The zero-order valence-electron chi connectivity index (χ0n) is 20.6. The molecule has 0 aliphatic carbocycles. The van der Waals surface area contributed by atoms with Crippen molar-refractivity contribution in [2.75, 3.05) is 47.5 Å². The maximum atomic E-state index is 13.3. The van der Waals surface area contributed by atoms with Crippen molar-refractivity contribution in [1.29, 1.82) is 0 Å². The highest BCUT2D eigenvalue weighted by atomic mass is 19.1. The van der Waals surface area contributed by atoms with Gasteiger partial charge in [-0.1, -0.05) is 13.0 Å². The lowest BCUT2D eigenvalue weighted by molar-refractivity contribution is 0.0626. The van der Waals surface area contributed by atoms with Crippen molar-refractivity contribution in [3.8, 4) is 22.9 Å². The highest BCUT2D eigenvalue weighted by Gasteiger charge is 2.27. The molecule has 0 unspecified atom stereocenters. The summed E-state index contributed by atoms with van der Waals surface area (Å²) in [6, 6.07) is 9.97. The van der Waals surface area contributed by atoms with E-state index in [4.69, 9.17) is 14.2 Å². The molecule has 0 bridgehead atoms. The minimum absolute atomic E-state index is 0.0291. The predicted molar refractivity (Wildman–Crippen MR) is 130 cm³/mol. The molecule has 0 N–H and O–H groups in total. The summed E-state index contributed by atoms with van der Waals surface area (Å²) in [6.45, 7) is 5.35. The monoisotopic (exact) mass is 482 g/mol. The van der Waals surface area contributed by atoms with Gasteiger partial charge in [-0.3, -0.25) is 9.69 Å². The molecular formula is C26H31FN4O4. The Morgan fingerprint density at radius 1 is 0.943 bits per heavy atom. The number of halogens is 1. The van der Waals surface area contributed by atoms with Gasteiger partial charge < -0.3 is 19.1 Å². The molecule has 2 aromatic carbocycles. The first-order chi connectivity index (χ1) is 17.0. The number of methoxy groups -OCH3 is 3. The maximum Gasteiger partial charge on any atom is 0.257 e. The van der Waals surface area contributed by atoms with Gasteiger partial charge >= 0.3 is 0 Å². The van der Waals surface area contributed by atoms with Crippen LogP contribution in [0.2, 0.25) is 0 Å². The van der Waals surface area contributed by atoms with Gasteiger partial charge in [0.2, 0.25) is 5.75 Å². The van der Waals surface area contributed by atoms with Crippen molar-refractivity contribution >= 4 is 5.91 Å². The van der Waals surface area contributed by atoms with Gasteiger partial charge in [-0.15, -0.1) is 0 Å². The van der Waals surface area contributed by atoms with Crippen molar-refractivity contribution in [2.24, 2.45) is 0 Å². The zero-order valence-corrected chi connectivity index (χ0v) is 20.6. The normalized spacial score (nSPS) is 14.1. The summed E-state index contributed by atoms with van der Waals surface area (Å²) in [6.07, 6.45) is 2.25. The van der Waals surface area contributed by atoms with Gasteiger partial charge in [0.05, 0.1) is 44.5 Å². The smallest absolute Gasteiger partial charge is 0.257 e. The summed E-state index contributed by atoms with van der Waals surface area (Å²) < 4.78 is 31.5. The molecule has 1 aromatic heterocycles. The van der Waals surface area contributed by atoms with Crippen LogP contribution in [0.1, 0.15) is 28.5 Å². The van der Waals surface area contributed by atoms with Crippen molar-refractivity contribution < 1.29 is 23.4 Å². The molecule has 8 nitrogen and oxygen atoms in total. The molecule has 186 valence electrons. The van der Waals surface area contributed by atoms with E-state index in [1.807, 2.05) is 24.0 Å². The third-order valence-electron chi connectivity index (χ3n) is 6.34. The highest BCUT2D eigenvalue weighted by molar-refractivity contribution is 5.95. The number of carbonyl (C=O) groups excluding carboxylic acids is 1. The molecule has 35 heavy (non-hydrogen) atoms. The van der Waals surface area contributed by atoms with E-state index >= 15 is 0 Å². The summed E-state index contributed by atoms with van der Waals surface area (Å²) in [4.78, 5) is 17.5. The molecule has 1 aliphatic rings. The minimum Gasteiger partial charge on any atom is -0.493 e. The first-order valence-electron chi connectivity index (χ1n) is 11.6. The van der Waals surface area contributed by atoms with Crippen LogP contribution in [0.5, 0.6) is 17.2 Å².